The first-order valence-electron chi connectivity index (χ1n) is 4.59. The molecule has 0 aromatic carbocycles. The van der Waals surface area contributed by atoms with Gasteiger partial charge in [-0.15, -0.1) is 29.3 Å². The summed E-state index contributed by atoms with van der Waals surface area (Å²) in [5.74, 6) is 0.000741. The van der Waals surface area contributed by atoms with Crippen LogP contribution in [-0.2, 0) is 0 Å². The molecule has 0 spiro atoms. The normalized spacial score (nSPS) is 10.5. The number of thiophene rings is 2. The van der Waals surface area contributed by atoms with Crippen LogP contribution >= 0.6 is 22.7 Å². The van der Waals surface area contributed by atoms with Gasteiger partial charge >= 0.3 is 0 Å². The van der Waals surface area contributed by atoms with Crippen molar-refractivity contribution in [1.82, 2.24) is 5.32 Å². The Morgan fingerprint density at radius 3 is 3.13 bits per heavy atom. The molecule has 0 unspecified atom stereocenters. The van der Waals surface area contributed by atoms with E-state index in [9.17, 15) is 4.79 Å². The third kappa shape index (κ3) is 1.82. The second-order valence-electron chi connectivity index (χ2n) is 3.17. The summed E-state index contributed by atoms with van der Waals surface area (Å²) in [4.78, 5) is 12.6. The predicted molar refractivity (Wildman–Crippen MR) is 67.0 cm³/mol. The van der Waals surface area contributed by atoms with Crippen LogP contribution in [0.5, 0.6) is 0 Å². The van der Waals surface area contributed by atoms with E-state index in [4.69, 9.17) is 0 Å². The van der Waals surface area contributed by atoms with Crippen LogP contribution in [0.25, 0.3) is 9.40 Å². The van der Waals surface area contributed by atoms with E-state index in [0.29, 0.717) is 6.54 Å². The third-order valence-corrected chi connectivity index (χ3v) is 4.55. The van der Waals surface area contributed by atoms with Gasteiger partial charge in [0.15, 0.2) is 0 Å². The molecule has 2 nitrogen and oxygen atoms in total. The highest BCUT2D eigenvalue weighted by Crippen LogP contribution is 2.34. The first-order chi connectivity index (χ1) is 7.24. The number of amides is 1. The number of nitrogens with one attached hydrogen (secondary N) is 1. The molecular formula is C11H11NOS2. The van der Waals surface area contributed by atoms with Crippen LogP contribution in [0.1, 0.15) is 15.2 Å². The number of carbonyl (C=O) groups excluding carboxylic acids is 1. The Hall–Kier alpha value is -1.13. The second kappa shape index (κ2) is 4.16. The molecule has 0 saturated heterocycles. The maximum atomic E-state index is 11.7. The smallest absolute Gasteiger partial charge is 0.261 e. The molecule has 2 aromatic heterocycles. The minimum Gasteiger partial charge on any atom is -0.348 e. The SMILES string of the molecule is C=CCNC(=O)c1sc2ccsc2c1C. The fraction of sp³-hybridized carbons (Fsp3) is 0.182. The molecule has 1 N–H and O–H groups in total. The van der Waals surface area contributed by atoms with Crippen LogP contribution in [0.4, 0.5) is 0 Å². The average Bonchev–Trinajstić information content (AvgIpc) is 2.78. The van der Waals surface area contributed by atoms with Gasteiger partial charge < -0.3 is 5.32 Å². The lowest BCUT2D eigenvalue weighted by molar-refractivity contribution is 0.0961. The Morgan fingerprint density at radius 1 is 1.67 bits per heavy atom. The number of aryl methyl sites for hydroxylation is 1. The molecule has 0 atom stereocenters. The van der Waals surface area contributed by atoms with Crippen molar-refractivity contribution in [3.05, 3.63) is 34.5 Å². The summed E-state index contributed by atoms with van der Waals surface area (Å²) >= 11 is 3.24. The van der Waals surface area contributed by atoms with Crippen molar-refractivity contribution in [2.75, 3.05) is 6.54 Å². The Bertz CT molecular complexity index is 510. The van der Waals surface area contributed by atoms with Crippen molar-refractivity contribution in [2.24, 2.45) is 0 Å². The first-order valence-corrected chi connectivity index (χ1v) is 6.29. The highest BCUT2D eigenvalue weighted by molar-refractivity contribution is 7.28. The van der Waals surface area contributed by atoms with Crippen LogP contribution in [0, 0.1) is 6.92 Å². The molecule has 78 valence electrons. The Labute approximate surface area is 96.2 Å². The van der Waals surface area contributed by atoms with Gasteiger partial charge in [-0.1, -0.05) is 6.08 Å². The van der Waals surface area contributed by atoms with E-state index in [1.165, 1.54) is 9.40 Å². The summed E-state index contributed by atoms with van der Waals surface area (Å²) in [5.41, 5.74) is 1.09. The zero-order valence-electron chi connectivity index (χ0n) is 8.37. The predicted octanol–water partition coefficient (Wildman–Crippen LogP) is 3.19. The molecule has 2 aromatic rings. The van der Waals surface area contributed by atoms with Gasteiger partial charge in [-0.3, -0.25) is 4.79 Å². The van der Waals surface area contributed by atoms with Crippen LogP contribution < -0.4 is 5.32 Å². The minimum absolute atomic E-state index is 0.000741. The molecule has 0 aliphatic heterocycles. The van der Waals surface area contributed by atoms with Gasteiger partial charge in [-0.2, -0.15) is 0 Å². The van der Waals surface area contributed by atoms with Crippen molar-refractivity contribution in [3.8, 4) is 0 Å². The number of hydrogen-bond donors (Lipinski definition) is 1. The van der Waals surface area contributed by atoms with Gasteiger partial charge in [0.1, 0.15) is 0 Å². The van der Waals surface area contributed by atoms with Crippen molar-refractivity contribution in [2.45, 2.75) is 6.92 Å². The minimum atomic E-state index is 0.000741. The van der Waals surface area contributed by atoms with E-state index >= 15 is 0 Å². The maximum Gasteiger partial charge on any atom is 0.261 e. The molecule has 0 aliphatic carbocycles. The molecule has 2 heterocycles. The molecule has 0 fully saturated rings. The van der Waals surface area contributed by atoms with Crippen molar-refractivity contribution in [3.63, 3.8) is 0 Å². The highest BCUT2D eigenvalue weighted by atomic mass is 32.1. The summed E-state index contributed by atoms with van der Waals surface area (Å²) in [6.07, 6.45) is 1.68. The monoisotopic (exact) mass is 237 g/mol. The highest BCUT2D eigenvalue weighted by Gasteiger charge is 2.15. The van der Waals surface area contributed by atoms with Crippen LogP contribution in [-0.4, -0.2) is 12.5 Å². The Morgan fingerprint density at radius 2 is 2.47 bits per heavy atom. The van der Waals surface area contributed by atoms with E-state index in [1.807, 2.05) is 6.92 Å². The molecule has 0 saturated carbocycles. The quantitative estimate of drug-likeness (QED) is 0.816. The standard InChI is InChI=1S/C11H11NOS2/c1-3-5-12-11(13)10-7(2)9-8(15-10)4-6-14-9/h3-4,6H,1,5H2,2H3,(H,12,13). The van der Waals surface area contributed by atoms with E-state index < -0.39 is 0 Å². The summed E-state index contributed by atoms with van der Waals surface area (Å²) in [7, 11) is 0. The lowest BCUT2D eigenvalue weighted by Crippen LogP contribution is -2.22. The second-order valence-corrected chi connectivity index (χ2v) is 5.14. The fourth-order valence-electron chi connectivity index (χ4n) is 1.40. The van der Waals surface area contributed by atoms with Gasteiger partial charge in [-0.05, 0) is 23.9 Å². The average molecular weight is 237 g/mol. The van der Waals surface area contributed by atoms with E-state index in [-0.39, 0.29) is 5.91 Å². The number of hydrogen-bond acceptors (Lipinski definition) is 3. The lowest BCUT2D eigenvalue weighted by atomic mass is 10.2. The fourth-order valence-corrected chi connectivity index (χ4v) is 3.65. The van der Waals surface area contributed by atoms with E-state index in [2.05, 4.69) is 23.3 Å². The number of rotatable bonds is 3. The molecule has 4 heteroatoms. The van der Waals surface area contributed by atoms with Gasteiger partial charge in [0.2, 0.25) is 0 Å². The molecule has 15 heavy (non-hydrogen) atoms. The van der Waals surface area contributed by atoms with Crippen LogP contribution in [0.2, 0.25) is 0 Å². The molecular weight excluding hydrogens is 226 g/mol. The Balaban J connectivity index is 2.34. The Kier molecular flexibility index (Phi) is 2.88. The van der Waals surface area contributed by atoms with Gasteiger partial charge in [0.25, 0.3) is 5.91 Å². The largest absolute Gasteiger partial charge is 0.348 e. The van der Waals surface area contributed by atoms with Gasteiger partial charge in [0.05, 0.1) is 4.88 Å². The van der Waals surface area contributed by atoms with Crippen molar-refractivity contribution in [1.29, 1.82) is 0 Å². The van der Waals surface area contributed by atoms with Crippen LogP contribution in [0.3, 0.4) is 0 Å². The van der Waals surface area contributed by atoms with E-state index in [0.717, 1.165) is 10.4 Å². The summed E-state index contributed by atoms with van der Waals surface area (Å²) < 4.78 is 2.42. The molecule has 1 amide bonds. The third-order valence-electron chi connectivity index (χ3n) is 2.14. The van der Waals surface area contributed by atoms with Gasteiger partial charge in [0, 0.05) is 15.9 Å². The van der Waals surface area contributed by atoms with Crippen LogP contribution in [0.15, 0.2) is 24.1 Å². The zero-order chi connectivity index (χ0) is 10.8. The summed E-state index contributed by atoms with van der Waals surface area (Å²) in [6, 6.07) is 2.06. The molecule has 2 rings (SSSR count). The molecule has 0 radical (unpaired) electrons. The van der Waals surface area contributed by atoms with Gasteiger partial charge in [-0.25, -0.2) is 0 Å². The lowest BCUT2D eigenvalue weighted by Gasteiger charge is -1.99. The van der Waals surface area contributed by atoms with E-state index in [1.54, 1.807) is 28.7 Å². The summed E-state index contributed by atoms with van der Waals surface area (Å²) in [5, 5.41) is 4.85. The maximum absolute atomic E-state index is 11.7. The number of fused-ring (bicyclic) bond motifs is 1. The van der Waals surface area contributed by atoms with Crippen molar-refractivity contribution >= 4 is 38.0 Å². The first kappa shape index (κ1) is 10.4. The van der Waals surface area contributed by atoms with Crippen molar-refractivity contribution < 1.29 is 4.79 Å². The molecule has 0 bridgehead atoms. The summed E-state index contributed by atoms with van der Waals surface area (Å²) in [6.45, 7) is 6.09. The zero-order valence-corrected chi connectivity index (χ0v) is 10.0. The molecule has 0 aliphatic rings. The topological polar surface area (TPSA) is 29.1 Å². The number of carbonyl (C=O) groups is 1.